The number of hydrogen-bond donors (Lipinski definition) is 0. The minimum Gasteiger partial charge on any atom is -0.336 e. The molecule has 1 heterocycles. The van der Waals surface area contributed by atoms with E-state index in [1.165, 1.54) is 24.6 Å². The molecule has 0 aliphatic carbocycles. The third-order valence-corrected chi connectivity index (χ3v) is 4.40. The lowest BCUT2D eigenvalue weighted by atomic mass is 10.1. The molecule has 0 spiro atoms. The molecule has 0 N–H and O–H groups in total. The van der Waals surface area contributed by atoms with Gasteiger partial charge in [-0.15, -0.1) is 0 Å². The van der Waals surface area contributed by atoms with Gasteiger partial charge in [0.2, 0.25) is 0 Å². The first-order valence-corrected chi connectivity index (χ1v) is 7.85. The molecule has 1 atom stereocenters. The van der Waals surface area contributed by atoms with Gasteiger partial charge >= 0.3 is 0 Å². The van der Waals surface area contributed by atoms with Crippen LogP contribution in [0.1, 0.15) is 30.6 Å². The molecule has 116 valence electrons. The highest BCUT2D eigenvalue weighted by Crippen LogP contribution is 2.20. The zero-order valence-electron chi connectivity index (χ0n) is 12.6. The van der Waals surface area contributed by atoms with E-state index in [2.05, 4.69) is 18.7 Å². The first kappa shape index (κ1) is 16.2. The summed E-state index contributed by atoms with van der Waals surface area (Å²) in [5.74, 6) is 0.150. The molecule has 1 aliphatic heterocycles. The Hall–Kier alpha value is -1.13. The number of nitrogens with zero attached hydrogens (tertiary/aromatic N) is 2. The molecule has 1 amide bonds. The molecule has 0 aromatic heterocycles. The van der Waals surface area contributed by atoms with E-state index in [-0.39, 0.29) is 10.9 Å². The van der Waals surface area contributed by atoms with Crippen molar-refractivity contribution in [3.8, 4) is 0 Å². The summed E-state index contributed by atoms with van der Waals surface area (Å²) in [4.78, 5) is 16.6. The van der Waals surface area contributed by atoms with Crippen LogP contribution in [0.5, 0.6) is 0 Å². The van der Waals surface area contributed by atoms with E-state index >= 15 is 0 Å². The van der Waals surface area contributed by atoms with Crippen LogP contribution in [0.25, 0.3) is 0 Å². The average Bonchev–Trinajstić information content (AvgIpc) is 2.47. The smallest absolute Gasteiger partial charge is 0.255 e. The van der Waals surface area contributed by atoms with Gasteiger partial charge in [0.1, 0.15) is 5.82 Å². The van der Waals surface area contributed by atoms with Crippen LogP contribution in [0.15, 0.2) is 18.2 Å². The topological polar surface area (TPSA) is 23.6 Å². The number of carbonyl (C=O) groups excluding carboxylic acids is 1. The first-order valence-electron chi connectivity index (χ1n) is 7.48. The Bertz CT molecular complexity index is 501. The van der Waals surface area contributed by atoms with Crippen LogP contribution in [0.3, 0.4) is 0 Å². The highest BCUT2D eigenvalue weighted by molar-refractivity contribution is 6.33. The first-order chi connectivity index (χ1) is 10.0. The van der Waals surface area contributed by atoms with Gasteiger partial charge in [-0.25, -0.2) is 4.39 Å². The van der Waals surface area contributed by atoms with Crippen molar-refractivity contribution in [3.05, 3.63) is 34.6 Å². The molecule has 1 aromatic carbocycles. The van der Waals surface area contributed by atoms with Gasteiger partial charge in [-0.3, -0.25) is 9.69 Å². The normalized spacial score (nSPS) is 17.8. The van der Waals surface area contributed by atoms with Gasteiger partial charge in [-0.05, 0) is 24.1 Å². The molecule has 1 fully saturated rings. The Kier molecular flexibility index (Phi) is 5.59. The van der Waals surface area contributed by atoms with E-state index in [0.29, 0.717) is 24.6 Å². The van der Waals surface area contributed by atoms with Gasteiger partial charge in [0.15, 0.2) is 0 Å². The summed E-state index contributed by atoms with van der Waals surface area (Å²) in [7, 11) is 0. The molecule has 3 nitrogen and oxygen atoms in total. The van der Waals surface area contributed by atoms with Crippen molar-refractivity contribution >= 4 is 17.5 Å². The maximum absolute atomic E-state index is 13.0. The van der Waals surface area contributed by atoms with E-state index in [1.807, 2.05) is 0 Å². The van der Waals surface area contributed by atoms with Crippen molar-refractivity contribution in [2.24, 2.45) is 5.92 Å². The summed E-state index contributed by atoms with van der Waals surface area (Å²) in [5, 5.41) is 0.182. The van der Waals surface area contributed by atoms with Gasteiger partial charge in [-0.2, -0.15) is 0 Å². The molecular formula is C16H22ClFN2O. The Balaban J connectivity index is 1.94. The van der Waals surface area contributed by atoms with E-state index < -0.39 is 5.82 Å². The van der Waals surface area contributed by atoms with Crippen molar-refractivity contribution in [1.82, 2.24) is 9.80 Å². The minimum absolute atomic E-state index is 0.108. The van der Waals surface area contributed by atoms with E-state index in [0.717, 1.165) is 19.6 Å². The fraction of sp³-hybridized carbons (Fsp3) is 0.562. The summed E-state index contributed by atoms with van der Waals surface area (Å²) in [5.41, 5.74) is 0.383. The molecule has 5 heteroatoms. The number of hydrogen-bond acceptors (Lipinski definition) is 2. The molecule has 1 unspecified atom stereocenters. The van der Waals surface area contributed by atoms with Gasteiger partial charge in [0.25, 0.3) is 5.91 Å². The molecule has 1 aliphatic rings. The lowest BCUT2D eigenvalue weighted by Crippen LogP contribution is -2.49. The summed E-state index contributed by atoms with van der Waals surface area (Å²) in [6, 6.07) is 3.93. The zero-order chi connectivity index (χ0) is 15.4. The highest BCUT2D eigenvalue weighted by Gasteiger charge is 2.24. The molecule has 0 radical (unpaired) electrons. The average molecular weight is 313 g/mol. The van der Waals surface area contributed by atoms with Crippen LogP contribution in [0.2, 0.25) is 5.02 Å². The second kappa shape index (κ2) is 7.23. The Morgan fingerprint density at radius 1 is 1.33 bits per heavy atom. The third kappa shape index (κ3) is 4.17. The molecule has 1 aromatic rings. The number of amides is 1. The molecular weight excluding hydrogens is 291 g/mol. The lowest BCUT2D eigenvalue weighted by molar-refractivity contribution is 0.0620. The van der Waals surface area contributed by atoms with Crippen LogP contribution >= 0.6 is 11.6 Å². The monoisotopic (exact) mass is 312 g/mol. The van der Waals surface area contributed by atoms with Crippen LogP contribution in [-0.4, -0.2) is 48.4 Å². The summed E-state index contributed by atoms with van der Waals surface area (Å²) in [6.45, 7) is 8.68. The molecule has 2 rings (SSSR count). The van der Waals surface area contributed by atoms with Crippen molar-refractivity contribution < 1.29 is 9.18 Å². The van der Waals surface area contributed by atoms with Crippen LogP contribution in [-0.2, 0) is 0 Å². The Morgan fingerprint density at radius 2 is 2.00 bits per heavy atom. The number of piperazine rings is 1. The zero-order valence-corrected chi connectivity index (χ0v) is 13.4. The molecule has 1 saturated heterocycles. The standard InChI is InChI=1S/C16H22ClFN2O/c1-3-12(2)11-19-6-8-20(9-7-19)16(21)14-5-4-13(18)10-15(14)17/h4-5,10,12H,3,6-9,11H2,1-2H3. The largest absolute Gasteiger partial charge is 0.336 e. The van der Waals surface area contributed by atoms with Crippen molar-refractivity contribution in [3.63, 3.8) is 0 Å². The minimum atomic E-state index is -0.421. The van der Waals surface area contributed by atoms with Crippen molar-refractivity contribution in [1.29, 1.82) is 0 Å². The fourth-order valence-electron chi connectivity index (χ4n) is 2.54. The molecule has 0 saturated carbocycles. The van der Waals surface area contributed by atoms with Gasteiger partial charge < -0.3 is 4.90 Å². The quantitative estimate of drug-likeness (QED) is 0.852. The van der Waals surface area contributed by atoms with Crippen LogP contribution in [0, 0.1) is 11.7 Å². The van der Waals surface area contributed by atoms with Crippen LogP contribution in [0.4, 0.5) is 4.39 Å². The number of halogens is 2. The highest BCUT2D eigenvalue weighted by atomic mass is 35.5. The summed E-state index contributed by atoms with van der Waals surface area (Å²) < 4.78 is 13.0. The van der Waals surface area contributed by atoms with Crippen molar-refractivity contribution in [2.75, 3.05) is 32.7 Å². The van der Waals surface area contributed by atoms with Gasteiger partial charge in [-0.1, -0.05) is 31.9 Å². The second-order valence-electron chi connectivity index (χ2n) is 5.73. The predicted octanol–water partition coefficient (Wildman–Crippen LogP) is 3.28. The van der Waals surface area contributed by atoms with E-state index in [9.17, 15) is 9.18 Å². The third-order valence-electron chi connectivity index (χ3n) is 4.09. The maximum Gasteiger partial charge on any atom is 0.255 e. The van der Waals surface area contributed by atoms with E-state index in [1.54, 1.807) is 4.90 Å². The summed E-state index contributed by atoms with van der Waals surface area (Å²) >= 11 is 5.96. The number of carbonyl (C=O) groups is 1. The second-order valence-corrected chi connectivity index (χ2v) is 6.14. The summed E-state index contributed by atoms with van der Waals surface area (Å²) in [6.07, 6.45) is 1.17. The van der Waals surface area contributed by atoms with Crippen LogP contribution < -0.4 is 0 Å². The molecule has 0 bridgehead atoms. The molecule has 21 heavy (non-hydrogen) atoms. The Labute approximate surface area is 130 Å². The Morgan fingerprint density at radius 3 is 2.57 bits per heavy atom. The fourth-order valence-corrected chi connectivity index (χ4v) is 2.78. The maximum atomic E-state index is 13.0. The van der Waals surface area contributed by atoms with Crippen molar-refractivity contribution in [2.45, 2.75) is 20.3 Å². The van der Waals surface area contributed by atoms with E-state index in [4.69, 9.17) is 11.6 Å². The SMILES string of the molecule is CCC(C)CN1CCN(C(=O)c2ccc(F)cc2Cl)CC1. The number of benzene rings is 1. The number of rotatable bonds is 4. The predicted molar refractivity (Wildman–Crippen MR) is 83.2 cm³/mol. The van der Waals surface area contributed by atoms with Gasteiger partial charge in [0.05, 0.1) is 10.6 Å². The lowest BCUT2D eigenvalue weighted by Gasteiger charge is -2.36. The van der Waals surface area contributed by atoms with Gasteiger partial charge in [0, 0.05) is 32.7 Å².